The molecule has 0 aliphatic carbocycles. The molecule has 0 bridgehead atoms. The van der Waals surface area contributed by atoms with Gasteiger partial charge in [0.05, 0.1) is 6.54 Å². The molecule has 4 nitrogen and oxygen atoms in total. The summed E-state index contributed by atoms with van der Waals surface area (Å²) in [5, 5.41) is 0. The van der Waals surface area contributed by atoms with Gasteiger partial charge in [0.25, 0.3) is 0 Å². The lowest BCUT2D eigenvalue weighted by Crippen LogP contribution is -2.44. The largest absolute Gasteiger partial charge is 0.490 e. The number of nitrogens with zero attached hydrogens (tertiary/aromatic N) is 2. The van der Waals surface area contributed by atoms with Gasteiger partial charge in [-0.25, -0.2) is 0 Å². The van der Waals surface area contributed by atoms with Gasteiger partial charge in [0.1, 0.15) is 11.9 Å². The lowest BCUT2D eigenvalue weighted by atomic mass is 10.1. The fourth-order valence-corrected chi connectivity index (χ4v) is 2.40. The number of benzene rings is 1. The van der Waals surface area contributed by atoms with Gasteiger partial charge in [-0.1, -0.05) is 17.7 Å². The van der Waals surface area contributed by atoms with Crippen molar-refractivity contribution < 1.29 is 9.53 Å². The summed E-state index contributed by atoms with van der Waals surface area (Å²) < 4.78 is 5.97. The summed E-state index contributed by atoms with van der Waals surface area (Å²) in [6.45, 7) is 4.15. The molecule has 0 unspecified atom stereocenters. The van der Waals surface area contributed by atoms with E-state index in [-0.39, 0.29) is 12.0 Å². The fraction of sp³-hybridized carbons (Fsp3) is 0.562. The molecule has 110 valence electrons. The molecule has 1 amide bonds. The van der Waals surface area contributed by atoms with Crippen molar-refractivity contribution in [3.63, 3.8) is 0 Å². The van der Waals surface area contributed by atoms with Crippen molar-refractivity contribution >= 4 is 5.91 Å². The van der Waals surface area contributed by atoms with Crippen molar-refractivity contribution in [1.29, 1.82) is 0 Å². The van der Waals surface area contributed by atoms with Crippen LogP contribution in [0.25, 0.3) is 0 Å². The number of likely N-dealkylation sites (N-methyl/N-ethyl adjacent to an activating group) is 1. The van der Waals surface area contributed by atoms with Crippen LogP contribution in [0.3, 0.4) is 0 Å². The van der Waals surface area contributed by atoms with Crippen LogP contribution in [0.4, 0.5) is 0 Å². The topological polar surface area (TPSA) is 32.8 Å². The Morgan fingerprint density at radius 2 is 1.85 bits per heavy atom. The summed E-state index contributed by atoms with van der Waals surface area (Å²) >= 11 is 0. The lowest BCUT2D eigenvalue weighted by molar-refractivity contribution is -0.133. The number of carbonyl (C=O) groups is 1. The monoisotopic (exact) mass is 276 g/mol. The Balaban J connectivity index is 1.79. The van der Waals surface area contributed by atoms with E-state index in [9.17, 15) is 4.79 Å². The molecule has 1 saturated heterocycles. The smallest absolute Gasteiger partial charge is 0.236 e. The second kappa shape index (κ2) is 6.75. The third-order valence-electron chi connectivity index (χ3n) is 3.57. The van der Waals surface area contributed by atoms with E-state index >= 15 is 0 Å². The minimum Gasteiger partial charge on any atom is -0.490 e. The van der Waals surface area contributed by atoms with Gasteiger partial charge in [-0.2, -0.15) is 0 Å². The minimum atomic E-state index is 0.212. The molecule has 0 aromatic heterocycles. The Kier molecular flexibility index (Phi) is 5.01. The molecule has 4 heteroatoms. The average Bonchev–Trinajstić information content (AvgIpc) is 2.41. The number of ether oxygens (including phenoxy) is 1. The highest BCUT2D eigenvalue weighted by molar-refractivity contribution is 5.78. The van der Waals surface area contributed by atoms with E-state index in [1.807, 2.05) is 36.0 Å². The maximum atomic E-state index is 12.0. The van der Waals surface area contributed by atoms with Crippen LogP contribution in [-0.4, -0.2) is 55.5 Å². The van der Waals surface area contributed by atoms with Gasteiger partial charge in [-0.05, 0) is 33.2 Å². The summed E-state index contributed by atoms with van der Waals surface area (Å²) in [4.78, 5) is 15.8. The normalized spacial score (nSPS) is 16.5. The maximum absolute atomic E-state index is 12.0. The summed E-state index contributed by atoms with van der Waals surface area (Å²) in [7, 11) is 3.84. The second-order valence-corrected chi connectivity index (χ2v) is 5.75. The quantitative estimate of drug-likeness (QED) is 0.842. The SMILES string of the molecule is Cc1ccc(OC2CCN(C(=O)CN(C)C)CC2)cc1. The van der Waals surface area contributed by atoms with E-state index in [1.54, 1.807) is 0 Å². The van der Waals surface area contributed by atoms with Gasteiger partial charge in [0.15, 0.2) is 0 Å². The molecule has 2 rings (SSSR count). The number of amides is 1. The van der Waals surface area contributed by atoms with Crippen LogP contribution in [0.5, 0.6) is 5.75 Å². The average molecular weight is 276 g/mol. The Bertz CT molecular complexity index is 434. The molecular weight excluding hydrogens is 252 g/mol. The van der Waals surface area contributed by atoms with E-state index in [1.165, 1.54) is 5.56 Å². The number of piperidine rings is 1. The molecule has 0 N–H and O–H groups in total. The highest BCUT2D eigenvalue weighted by Crippen LogP contribution is 2.19. The molecule has 1 aliphatic heterocycles. The zero-order valence-electron chi connectivity index (χ0n) is 12.6. The van der Waals surface area contributed by atoms with Crippen molar-refractivity contribution in [1.82, 2.24) is 9.80 Å². The first-order valence-corrected chi connectivity index (χ1v) is 7.20. The predicted molar refractivity (Wildman–Crippen MR) is 80.0 cm³/mol. The molecule has 0 saturated carbocycles. The van der Waals surface area contributed by atoms with Crippen molar-refractivity contribution in [3.05, 3.63) is 29.8 Å². The second-order valence-electron chi connectivity index (χ2n) is 5.75. The predicted octanol–water partition coefficient (Wildman–Crippen LogP) is 1.93. The van der Waals surface area contributed by atoms with Crippen molar-refractivity contribution in [2.45, 2.75) is 25.9 Å². The van der Waals surface area contributed by atoms with Crippen LogP contribution in [0.2, 0.25) is 0 Å². The van der Waals surface area contributed by atoms with Crippen LogP contribution in [0.15, 0.2) is 24.3 Å². The van der Waals surface area contributed by atoms with Gasteiger partial charge in [-0.3, -0.25) is 4.79 Å². The third kappa shape index (κ3) is 4.23. The summed E-state index contributed by atoms with van der Waals surface area (Å²) in [5.41, 5.74) is 1.24. The molecule has 0 spiro atoms. The summed E-state index contributed by atoms with van der Waals surface area (Å²) in [6, 6.07) is 8.15. The molecule has 1 aromatic rings. The number of hydrogen-bond acceptors (Lipinski definition) is 3. The molecule has 20 heavy (non-hydrogen) atoms. The Hall–Kier alpha value is -1.55. The van der Waals surface area contributed by atoms with Gasteiger partial charge in [0.2, 0.25) is 5.91 Å². The first-order chi connectivity index (χ1) is 9.54. The summed E-state index contributed by atoms with van der Waals surface area (Å²) in [6.07, 6.45) is 2.04. The molecule has 0 radical (unpaired) electrons. The van der Waals surface area contributed by atoms with Crippen molar-refractivity contribution in [2.24, 2.45) is 0 Å². The number of aryl methyl sites for hydroxylation is 1. The van der Waals surface area contributed by atoms with E-state index in [0.717, 1.165) is 31.7 Å². The lowest BCUT2D eigenvalue weighted by Gasteiger charge is -2.32. The minimum absolute atomic E-state index is 0.212. The molecule has 1 aromatic carbocycles. The van der Waals surface area contributed by atoms with Crippen LogP contribution in [0, 0.1) is 6.92 Å². The molecule has 1 aliphatic rings. The van der Waals surface area contributed by atoms with Crippen molar-refractivity contribution in [2.75, 3.05) is 33.7 Å². The zero-order chi connectivity index (χ0) is 14.5. The van der Waals surface area contributed by atoms with Crippen molar-refractivity contribution in [3.8, 4) is 5.75 Å². The fourth-order valence-electron chi connectivity index (χ4n) is 2.40. The Morgan fingerprint density at radius 3 is 2.40 bits per heavy atom. The number of hydrogen-bond donors (Lipinski definition) is 0. The molecule has 1 heterocycles. The maximum Gasteiger partial charge on any atom is 0.236 e. The van der Waals surface area contributed by atoms with Gasteiger partial charge < -0.3 is 14.5 Å². The van der Waals surface area contributed by atoms with E-state index in [0.29, 0.717) is 6.54 Å². The third-order valence-corrected chi connectivity index (χ3v) is 3.57. The highest BCUT2D eigenvalue weighted by Gasteiger charge is 2.23. The number of likely N-dealkylation sites (tertiary alicyclic amines) is 1. The Labute approximate surface area is 121 Å². The molecule has 1 fully saturated rings. The first kappa shape index (κ1) is 14.9. The highest BCUT2D eigenvalue weighted by atomic mass is 16.5. The Morgan fingerprint density at radius 1 is 1.25 bits per heavy atom. The molecule has 0 atom stereocenters. The number of rotatable bonds is 4. The van der Waals surface area contributed by atoms with E-state index in [2.05, 4.69) is 19.1 Å². The molecular formula is C16H24N2O2. The van der Waals surface area contributed by atoms with Crippen LogP contribution >= 0.6 is 0 Å². The van der Waals surface area contributed by atoms with Gasteiger partial charge in [0, 0.05) is 25.9 Å². The standard InChI is InChI=1S/C16H24N2O2/c1-13-4-6-14(7-5-13)20-15-8-10-18(11-9-15)16(19)12-17(2)3/h4-7,15H,8-12H2,1-3H3. The van der Waals surface area contributed by atoms with E-state index in [4.69, 9.17) is 4.74 Å². The van der Waals surface area contributed by atoms with Crippen LogP contribution in [-0.2, 0) is 4.79 Å². The van der Waals surface area contributed by atoms with E-state index < -0.39 is 0 Å². The zero-order valence-corrected chi connectivity index (χ0v) is 12.6. The van der Waals surface area contributed by atoms with Gasteiger partial charge >= 0.3 is 0 Å². The van der Waals surface area contributed by atoms with Crippen LogP contribution in [0.1, 0.15) is 18.4 Å². The summed E-state index contributed by atoms with van der Waals surface area (Å²) in [5.74, 6) is 1.14. The van der Waals surface area contributed by atoms with Gasteiger partial charge in [-0.15, -0.1) is 0 Å². The first-order valence-electron chi connectivity index (χ1n) is 7.20. The number of carbonyl (C=O) groups excluding carboxylic acids is 1. The van der Waals surface area contributed by atoms with Crippen LogP contribution < -0.4 is 4.74 Å².